The molecule has 0 bridgehead atoms. The molecule has 0 saturated carbocycles. The first-order chi connectivity index (χ1) is 9.02. The molecular weight excluding hydrogens is 236 g/mol. The van der Waals surface area contributed by atoms with Gasteiger partial charge in [0.2, 0.25) is 0 Å². The van der Waals surface area contributed by atoms with Crippen LogP contribution in [0.3, 0.4) is 0 Å². The van der Waals surface area contributed by atoms with Gasteiger partial charge in [0.1, 0.15) is 12.4 Å². The Labute approximate surface area is 117 Å². The first-order valence-corrected chi connectivity index (χ1v) is 6.81. The van der Waals surface area contributed by atoms with Crippen LogP contribution in [0.15, 0.2) is 29.8 Å². The van der Waals surface area contributed by atoms with Gasteiger partial charge in [-0.25, -0.2) is 0 Å². The summed E-state index contributed by atoms with van der Waals surface area (Å²) >= 11 is 0. The van der Waals surface area contributed by atoms with Crippen LogP contribution in [-0.4, -0.2) is 38.7 Å². The quantitative estimate of drug-likeness (QED) is 0.821. The van der Waals surface area contributed by atoms with Crippen molar-refractivity contribution < 1.29 is 4.74 Å². The Morgan fingerprint density at radius 3 is 2.37 bits per heavy atom. The molecule has 2 N–H and O–H groups in total. The molecule has 19 heavy (non-hydrogen) atoms. The molecule has 0 aliphatic rings. The number of benzene rings is 1. The van der Waals surface area contributed by atoms with Gasteiger partial charge in [0, 0.05) is 13.1 Å². The van der Waals surface area contributed by atoms with Crippen molar-refractivity contribution in [3.63, 3.8) is 0 Å². The third-order valence-corrected chi connectivity index (χ3v) is 3.02. The second-order valence-electron chi connectivity index (χ2n) is 5.30. The van der Waals surface area contributed by atoms with Crippen molar-refractivity contribution in [2.24, 2.45) is 11.7 Å². The van der Waals surface area contributed by atoms with Crippen molar-refractivity contribution in [1.82, 2.24) is 4.90 Å². The lowest BCUT2D eigenvalue weighted by Gasteiger charge is -2.11. The number of ether oxygens (including phenoxy) is 1. The van der Waals surface area contributed by atoms with E-state index >= 15 is 0 Å². The summed E-state index contributed by atoms with van der Waals surface area (Å²) in [7, 11) is 4.08. The smallest absolute Gasteiger partial charge is 0.119 e. The highest BCUT2D eigenvalue weighted by atomic mass is 16.5. The average molecular weight is 262 g/mol. The number of hydrogen-bond donors (Lipinski definition) is 1. The van der Waals surface area contributed by atoms with E-state index in [0.717, 1.165) is 12.3 Å². The van der Waals surface area contributed by atoms with Crippen LogP contribution >= 0.6 is 0 Å². The summed E-state index contributed by atoms with van der Waals surface area (Å²) in [5.41, 5.74) is 8.19. The van der Waals surface area contributed by atoms with Crippen LogP contribution in [0, 0.1) is 5.92 Å². The highest BCUT2D eigenvalue weighted by molar-refractivity contribution is 5.54. The fourth-order valence-electron chi connectivity index (χ4n) is 1.68. The first-order valence-electron chi connectivity index (χ1n) is 6.81. The molecule has 0 amide bonds. The SMILES string of the molecule is CC(C)C(=Cc1ccc(OCCN(C)C)cc1)CN. The average Bonchev–Trinajstić information content (AvgIpc) is 2.37. The number of hydrogen-bond acceptors (Lipinski definition) is 3. The molecule has 0 spiro atoms. The molecule has 106 valence electrons. The maximum Gasteiger partial charge on any atom is 0.119 e. The lowest BCUT2D eigenvalue weighted by molar-refractivity contribution is 0.261. The van der Waals surface area contributed by atoms with Crippen LogP contribution in [0.1, 0.15) is 19.4 Å². The lowest BCUT2D eigenvalue weighted by Crippen LogP contribution is -2.19. The maximum absolute atomic E-state index is 5.75. The molecule has 0 saturated heterocycles. The molecule has 1 rings (SSSR count). The fraction of sp³-hybridized carbons (Fsp3) is 0.500. The lowest BCUT2D eigenvalue weighted by atomic mass is 10.0. The second-order valence-corrected chi connectivity index (χ2v) is 5.30. The second kappa shape index (κ2) is 7.97. The van der Waals surface area contributed by atoms with Crippen LogP contribution in [0.5, 0.6) is 5.75 Å². The van der Waals surface area contributed by atoms with E-state index in [-0.39, 0.29) is 0 Å². The summed E-state index contributed by atoms with van der Waals surface area (Å²) in [6.45, 7) is 6.57. The summed E-state index contributed by atoms with van der Waals surface area (Å²) in [5.74, 6) is 1.40. The Hall–Kier alpha value is -1.32. The number of nitrogens with two attached hydrogens (primary N) is 1. The summed E-state index contributed by atoms with van der Waals surface area (Å²) in [5, 5.41) is 0. The van der Waals surface area contributed by atoms with E-state index in [1.165, 1.54) is 11.1 Å². The molecule has 0 heterocycles. The van der Waals surface area contributed by atoms with Crippen molar-refractivity contribution >= 4 is 6.08 Å². The zero-order valence-electron chi connectivity index (χ0n) is 12.5. The zero-order chi connectivity index (χ0) is 14.3. The number of rotatable bonds is 7. The highest BCUT2D eigenvalue weighted by Crippen LogP contribution is 2.17. The Morgan fingerprint density at radius 1 is 1.26 bits per heavy atom. The molecular formula is C16H26N2O. The molecule has 0 aliphatic heterocycles. The van der Waals surface area contributed by atoms with E-state index in [1.807, 2.05) is 26.2 Å². The molecule has 3 nitrogen and oxygen atoms in total. The Bertz CT molecular complexity index is 394. The minimum Gasteiger partial charge on any atom is -0.492 e. The van der Waals surface area contributed by atoms with Gasteiger partial charge in [-0.15, -0.1) is 0 Å². The van der Waals surface area contributed by atoms with Gasteiger partial charge in [0.25, 0.3) is 0 Å². The predicted octanol–water partition coefficient (Wildman–Crippen LogP) is 2.63. The Morgan fingerprint density at radius 2 is 1.89 bits per heavy atom. The van der Waals surface area contributed by atoms with Crippen LogP contribution in [0.4, 0.5) is 0 Å². The normalized spacial score (nSPS) is 12.3. The molecule has 0 aromatic heterocycles. The van der Waals surface area contributed by atoms with Crippen molar-refractivity contribution in [2.75, 3.05) is 33.8 Å². The summed E-state index contributed by atoms with van der Waals surface area (Å²) in [6.07, 6.45) is 2.16. The van der Waals surface area contributed by atoms with Gasteiger partial charge in [-0.05, 0) is 37.7 Å². The van der Waals surface area contributed by atoms with Crippen LogP contribution in [0.25, 0.3) is 6.08 Å². The minimum atomic E-state index is 0.487. The van der Waals surface area contributed by atoms with Gasteiger partial charge in [-0.3, -0.25) is 0 Å². The number of likely N-dealkylation sites (N-methyl/N-ethyl adjacent to an activating group) is 1. The summed E-state index contributed by atoms with van der Waals surface area (Å²) < 4.78 is 5.66. The molecule has 0 unspecified atom stereocenters. The van der Waals surface area contributed by atoms with Gasteiger partial charge in [-0.1, -0.05) is 37.6 Å². The third kappa shape index (κ3) is 5.90. The fourth-order valence-corrected chi connectivity index (χ4v) is 1.68. The first kappa shape index (κ1) is 15.7. The molecule has 0 aliphatic carbocycles. The molecule has 0 radical (unpaired) electrons. The third-order valence-electron chi connectivity index (χ3n) is 3.02. The number of nitrogens with zero attached hydrogens (tertiary/aromatic N) is 1. The van der Waals surface area contributed by atoms with E-state index in [4.69, 9.17) is 10.5 Å². The minimum absolute atomic E-state index is 0.487. The molecule has 0 fully saturated rings. The van der Waals surface area contributed by atoms with Gasteiger partial charge < -0.3 is 15.4 Å². The van der Waals surface area contributed by atoms with Crippen molar-refractivity contribution in [3.05, 3.63) is 35.4 Å². The summed E-state index contributed by atoms with van der Waals surface area (Å²) in [6, 6.07) is 8.16. The Kier molecular flexibility index (Phi) is 6.60. The van der Waals surface area contributed by atoms with Crippen LogP contribution in [-0.2, 0) is 0 Å². The van der Waals surface area contributed by atoms with Crippen LogP contribution < -0.4 is 10.5 Å². The highest BCUT2D eigenvalue weighted by Gasteiger charge is 2.01. The van der Waals surface area contributed by atoms with Gasteiger partial charge in [0.05, 0.1) is 0 Å². The maximum atomic E-state index is 5.75. The van der Waals surface area contributed by atoms with Gasteiger partial charge in [0.15, 0.2) is 0 Å². The van der Waals surface area contributed by atoms with E-state index in [1.54, 1.807) is 0 Å². The standard InChI is InChI=1S/C16H26N2O/c1-13(2)15(12-17)11-14-5-7-16(8-6-14)19-10-9-18(3)4/h5-8,11,13H,9-10,12,17H2,1-4H3. The van der Waals surface area contributed by atoms with Crippen LogP contribution in [0.2, 0.25) is 0 Å². The van der Waals surface area contributed by atoms with E-state index in [0.29, 0.717) is 19.1 Å². The molecule has 3 heteroatoms. The van der Waals surface area contributed by atoms with E-state index < -0.39 is 0 Å². The summed E-state index contributed by atoms with van der Waals surface area (Å²) in [4.78, 5) is 2.10. The van der Waals surface area contributed by atoms with Crippen molar-refractivity contribution in [3.8, 4) is 5.75 Å². The van der Waals surface area contributed by atoms with Gasteiger partial charge in [-0.2, -0.15) is 0 Å². The van der Waals surface area contributed by atoms with E-state index in [2.05, 4.69) is 37.0 Å². The topological polar surface area (TPSA) is 38.5 Å². The van der Waals surface area contributed by atoms with E-state index in [9.17, 15) is 0 Å². The molecule has 1 aromatic carbocycles. The van der Waals surface area contributed by atoms with Gasteiger partial charge >= 0.3 is 0 Å². The zero-order valence-corrected chi connectivity index (χ0v) is 12.5. The predicted molar refractivity (Wildman–Crippen MR) is 82.4 cm³/mol. The molecule has 0 atom stereocenters. The van der Waals surface area contributed by atoms with Crippen molar-refractivity contribution in [2.45, 2.75) is 13.8 Å². The monoisotopic (exact) mass is 262 g/mol. The van der Waals surface area contributed by atoms with Crippen molar-refractivity contribution in [1.29, 1.82) is 0 Å². The largest absolute Gasteiger partial charge is 0.492 e. The molecule has 1 aromatic rings. The Balaban J connectivity index is 2.61.